The Hall–Kier alpha value is -0.120. The van der Waals surface area contributed by atoms with E-state index in [2.05, 4.69) is 15.9 Å². The lowest BCUT2D eigenvalue weighted by Crippen LogP contribution is -2.17. The van der Waals surface area contributed by atoms with Crippen LogP contribution in [0.5, 0.6) is 0 Å². The van der Waals surface area contributed by atoms with Crippen LogP contribution in [0.25, 0.3) is 0 Å². The van der Waals surface area contributed by atoms with Gasteiger partial charge in [0, 0.05) is 0 Å². The predicted molar refractivity (Wildman–Crippen MR) is 38.2 cm³/mol. The van der Waals surface area contributed by atoms with E-state index in [9.17, 15) is 0 Å². The van der Waals surface area contributed by atoms with Gasteiger partial charge < -0.3 is 10.2 Å². The minimum absolute atomic E-state index is 0.553. The largest absolute Gasteiger partial charge is 0.385 e. The fraction of sp³-hybridized carbons (Fsp3) is 0.333. The molecule has 0 aromatic heterocycles. The van der Waals surface area contributed by atoms with E-state index in [0.717, 1.165) is 0 Å². The van der Waals surface area contributed by atoms with Gasteiger partial charge in [-0.3, -0.25) is 0 Å². The first-order valence-electron chi connectivity index (χ1n) is 2.58. The maximum atomic E-state index is 9.12. The van der Waals surface area contributed by atoms with Crippen LogP contribution in [0.1, 0.15) is 0 Å². The molecule has 0 saturated heterocycles. The third-order valence-corrected chi connectivity index (χ3v) is 1.58. The molecule has 0 aliphatic heterocycles. The molecule has 1 aliphatic rings. The lowest BCUT2D eigenvalue weighted by molar-refractivity contribution is 0.223. The molecule has 0 amide bonds. The molecule has 0 aromatic carbocycles. The van der Waals surface area contributed by atoms with Crippen molar-refractivity contribution < 1.29 is 10.2 Å². The molecule has 0 saturated carbocycles. The smallest absolute Gasteiger partial charge is 0.156 e. The molecule has 2 nitrogen and oxygen atoms in total. The van der Waals surface area contributed by atoms with Crippen LogP contribution in [0.4, 0.5) is 0 Å². The van der Waals surface area contributed by atoms with Gasteiger partial charge in [-0.25, -0.2) is 0 Å². The molecule has 2 N–H and O–H groups in total. The summed E-state index contributed by atoms with van der Waals surface area (Å²) in [7, 11) is 0. The fourth-order valence-corrected chi connectivity index (χ4v) is 0.892. The van der Waals surface area contributed by atoms with Crippen molar-refractivity contribution >= 4 is 15.9 Å². The molecular formula is C6H7BrO2. The second-order valence-electron chi connectivity index (χ2n) is 1.94. The molecule has 0 atom stereocenters. The van der Waals surface area contributed by atoms with Gasteiger partial charge in [0.05, 0.1) is 6.10 Å². The van der Waals surface area contributed by atoms with E-state index in [1.54, 1.807) is 0 Å². The summed E-state index contributed by atoms with van der Waals surface area (Å²) >= 11 is 2.99. The third kappa shape index (κ3) is 1.93. The predicted octanol–water partition coefficient (Wildman–Crippen LogP) is 0.557. The zero-order valence-electron chi connectivity index (χ0n) is 4.66. The first kappa shape index (κ1) is 6.99. The molecule has 0 fully saturated rings. The average Bonchev–Trinajstić information content (AvgIpc) is 1.78. The van der Waals surface area contributed by atoms with Crippen LogP contribution in [-0.4, -0.2) is 20.8 Å². The van der Waals surface area contributed by atoms with Crippen LogP contribution in [0, 0.1) is 0 Å². The highest BCUT2D eigenvalue weighted by Gasteiger charge is 2.17. The molecule has 0 aromatic rings. The molecule has 0 bridgehead atoms. The van der Waals surface area contributed by atoms with E-state index < -0.39 is 10.6 Å². The molecule has 0 heterocycles. The van der Waals surface area contributed by atoms with E-state index in [1.807, 2.05) is 0 Å². The molecule has 0 radical (unpaired) electrons. The Morgan fingerprint density at radius 3 is 2.11 bits per heavy atom. The average molecular weight is 191 g/mol. The van der Waals surface area contributed by atoms with Crippen molar-refractivity contribution in [1.82, 2.24) is 0 Å². The summed E-state index contributed by atoms with van der Waals surface area (Å²) in [5.41, 5.74) is 0. The summed E-state index contributed by atoms with van der Waals surface area (Å²) in [6.07, 6.45) is 5.43. The Bertz CT molecular complexity index is 144. The summed E-state index contributed by atoms with van der Waals surface area (Å²) < 4.78 is -1.05. The van der Waals surface area contributed by atoms with Crippen LogP contribution in [0.2, 0.25) is 0 Å². The maximum absolute atomic E-state index is 9.12. The van der Waals surface area contributed by atoms with Gasteiger partial charge in [-0.1, -0.05) is 12.2 Å². The number of alkyl halides is 1. The number of halogens is 1. The van der Waals surface area contributed by atoms with Gasteiger partial charge in [0.15, 0.2) is 4.51 Å². The topological polar surface area (TPSA) is 40.5 Å². The minimum Gasteiger partial charge on any atom is -0.385 e. The Labute approximate surface area is 61.6 Å². The summed E-state index contributed by atoms with van der Waals surface area (Å²) in [5.74, 6) is 0. The maximum Gasteiger partial charge on any atom is 0.156 e. The van der Waals surface area contributed by atoms with Crippen molar-refractivity contribution in [2.75, 3.05) is 0 Å². The first-order valence-corrected chi connectivity index (χ1v) is 3.37. The Morgan fingerprint density at radius 1 is 1.33 bits per heavy atom. The molecule has 0 spiro atoms. The summed E-state index contributed by atoms with van der Waals surface area (Å²) in [4.78, 5) is 0. The highest BCUT2D eigenvalue weighted by atomic mass is 79.9. The van der Waals surface area contributed by atoms with Crippen molar-refractivity contribution in [3.8, 4) is 0 Å². The van der Waals surface area contributed by atoms with Gasteiger partial charge in [0.1, 0.15) is 0 Å². The molecule has 0 unspecified atom stereocenters. The first-order chi connectivity index (χ1) is 4.10. The fourth-order valence-electron chi connectivity index (χ4n) is 0.587. The van der Waals surface area contributed by atoms with E-state index in [4.69, 9.17) is 10.2 Å². The Balaban J connectivity index is 2.70. The number of aliphatic hydroxyl groups is 2. The lowest BCUT2D eigenvalue weighted by Gasteiger charge is -2.15. The van der Waals surface area contributed by atoms with E-state index in [1.165, 1.54) is 24.3 Å². The lowest BCUT2D eigenvalue weighted by atomic mass is 10.1. The molecule has 3 heteroatoms. The summed E-state index contributed by atoms with van der Waals surface area (Å²) in [6.45, 7) is 0. The van der Waals surface area contributed by atoms with Crippen molar-refractivity contribution in [1.29, 1.82) is 0 Å². The molecular weight excluding hydrogens is 184 g/mol. The van der Waals surface area contributed by atoms with E-state index >= 15 is 0 Å². The Kier molecular flexibility index (Phi) is 1.75. The van der Waals surface area contributed by atoms with Crippen molar-refractivity contribution in [3.63, 3.8) is 0 Å². The zero-order chi connectivity index (χ0) is 6.91. The van der Waals surface area contributed by atoms with Crippen LogP contribution in [0.3, 0.4) is 0 Å². The molecule has 1 rings (SSSR count). The normalized spacial score (nSPS) is 41.4. The molecule has 1 aliphatic carbocycles. The van der Waals surface area contributed by atoms with Crippen LogP contribution in [-0.2, 0) is 0 Å². The van der Waals surface area contributed by atoms with Crippen molar-refractivity contribution in [2.24, 2.45) is 0 Å². The number of aliphatic hydroxyl groups excluding tert-OH is 1. The van der Waals surface area contributed by atoms with Gasteiger partial charge in [-0.2, -0.15) is 0 Å². The Morgan fingerprint density at radius 2 is 1.78 bits per heavy atom. The van der Waals surface area contributed by atoms with Gasteiger partial charge in [0.2, 0.25) is 0 Å². The van der Waals surface area contributed by atoms with Crippen LogP contribution < -0.4 is 0 Å². The monoisotopic (exact) mass is 190 g/mol. The summed E-state index contributed by atoms with van der Waals surface area (Å²) in [6, 6.07) is 0. The van der Waals surface area contributed by atoms with Crippen molar-refractivity contribution in [3.05, 3.63) is 24.3 Å². The second kappa shape index (κ2) is 2.25. The van der Waals surface area contributed by atoms with Crippen LogP contribution in [0.15, 0.2) is 24.3 Å². The molecule has 50 valence electrons. The minimum atomic E-state index is -1.05. The molecule has 9 heavy (non-hydrogen) atoms. The highest BCUT2D eigenvalue weighted by molar-refractivity contribution is 9.10. The number of hydrogen-bond acceptors (Lipinski definition) is 2. The second-order valence-corrected chi connectivity index (χ2v) is 3.21. The van der Waals surface area contributed by atoms with Gasteiger partial charge in [0.25, 0.3) is 0 Å². The standard InChI is InChI=1S/C6H7BrO2/c7-6(9)3-1-5(8)2-4-6/h1-5,8-9H. The number of rotatable bonds is 0. The third-order valence-electron chi connectivity index (χ3n) is 1.05. The van der Waals surface area contributed by atoms with Gasteiger partial charge in [-0.15, -0.1) is 0 Å². The van der Waals surface area contributed by atoms with Crippen LogP contribution >= 0.6 is 15.9 Å². The van der Waals surface area contributed by atoms with Crippen molar-refractivity contribution in [2.45, 2.75) is 10.6 Å². The van der Waals surface area contributed by atoms with E-state index in [-0.39, 0.29) is 0 Å². The zero-order valence-corrected chi connectivity index (χ0v) is 6.25. The van der Waals surface area contributed by atoms with Gasteiger partial charge >= 0.3 is 0 Å². The SMILES string of the molecule is OC1C=CC(O)(Br)C=C1. The summed E-state index contributed by atoms with van der Waals surface area (Å²) in [5, 5.41) is 18.0. The van der Waals surface area contributed by atoms with E-state index in [0.29, 0.717) is 0 Å². The number of hydrogen-bond donors (Lipinski definition) is 2. The van der Waals surface area contributed by atoms with Gasteiger partial charge in [-0.05, 0) is 28.1 Å². The highest BCUT2D eigenvalue weighted by Crippen LogP contribution is 2.21. The quantitative estimate of drug-likeness (QED) is 0.433.